The molecular weight excluding hydrogens is 218 g/mol. The fraction of sp³-hybridized carbons (Fsp3) is 0.400. The molecule has 2 N–H and O–H groups in total. The number of carbonyl (C=O) groups excluding carboxylic acids is 1. The Morgan fingerprint density at radius 3 is 2.75 bits per heavy atom. The molecule has 1 rings (SSSR count). The number of ether oxygens (including phenoxy) is 1. The number of amides is 1. The maximum atomic E-state index is 12.6. The third-order valence-electron chi connectivity index (χ3n) is 1.80. The average Bonchev–Trinajstić information content (AvgIpc) is 2.13. The molecule has 4 nitrogen and oxygen atoms in total. The fourth-order valence-electron chi connectivity index (χ4n) is 1.10. The first-order chi connectivity index (χ1) is 7.31. The van der Waals surface area contributed by atoms with Gasteiger partial charge in [-0.3, -0.25) is 4.79 Å². The van der Waals surface area contributed by atoms with Gasteiger partial charge in [-0.25, -0.2) is 13.8 Å². The van der Waals surface area contributed by atoms with Crippen LogP contribution in [0, 0.1) is 6.92 Å². The number of nitrogens with zero attached hydrogens (tertiary/aromatic N) is 1. The maximum Gasteiger partial charge on any atom is 0.278 e. The Kier molecular flexibility index (Phi) is 3.41. The lowest BCUT2D eigenvalue weighted by Crippen LogP contribution is -2.23. The number of hydrogen-bond donors (Lipinski definition) is 1. The molecular formula is C10H12F2N2O2. The van der Waals surface area contributed by atoms with Gasteiger partial charge in [0.2, 0.25) is 0 Å². The van der Waals surface area contributed by atoms with Gasteiger partial charge >= 0.3 is 0 Å². The second-order valence-electron chi connectivity index (χ2n) is 3.53. The summed E-state index contributed by atoms with van der Waals surface area (Å²) in [7, 11) is 0. The van der Waals surface area contributed by atoms with Gasteiger partial charge in [-0.05, 0) is 18.6 Å². The second-order valence-corrected chi connectivity index (χ2v) is 3.53. The molecule has 1 aromatic rings. The molecule has 0 saturated heterocycles. The highest BCUT2D eigenvalue weighted by Crippen LogP contribution is 2.23. The number of pyridine rings is 1. The topological polar surface area (TPSA) is 65.2 Å². The minimum absolute atomic E-state index is 0.0107. The molecule has 0 atom stereocenters. The van der Waals surface area contributed by atoms with E-state index in [9.17, 15) is 13.6 Å². The predicted octanol–water partition coefficient (Wildman–Crippen LogP) is 1.52. The summed E-state index contributed by atoms with van der Waals surface area (Å²) in [5.74, 6) is -3.77. The molecule has 0 aliphatic heterocycles. The Labute approximate surface area is 91.4 Å². The van der Waals surface area contributed by atoms with Crippen molar-refractivity contribution in [3.63, 3.8) is 0 Å². The van der Waals surface area contributed by atoms with Gasteiger partial charge < -0.3 is 10.5 Å². The highest BCUT2D eigenvalue weighted by atomic mass is 19.3. The standard InChI is InChI=1S/C10H12F2N2O2/c1-6-3-4-14-7(9(13)15)8(6)16-5-10(2,11)12/h3-4H,5H2,1-2H3,(H2,13,15). The molecule has 0 fully saturated rings. The number of alkyl halides is 2. The van der Waals surface area contributed by atoms with Crippen LogP contribution in [0.25, 0.3) is 0 Å². The summed E-state index contributed by atoms with van der Waals surface area (Å²) in [4.78, 5) is 14.7. The molecule has 1 heterocycles. The van der Waals surface area contributed by atoms with Crippen LogP contribution in [0.3, 0.4) is 0 Å². The molecule has 0 spiro atoms. The fourth-order valence-corrected chi connectivity index (χ4v) is 1.10. The quantitative estimate of drug-likeness (QED) is 0.852. The number of carbonyl (C=O) groups is 1. The van der Waals surface area contributed by atoms with Crippen molar-refractivity contribution in [3.05, 3.63) is 23.5 Å². The highest BCUT2D eigenvalue weighted by molar-refractivity contribution is 5.93. The first kappa shape index (κ1) is 12.4. The van der Waals surface area contributed by atoms with Crippen molar-refractivity contribution in [2.75, 3.05) is 6.61 Å². The lowest BCUT2D eigenvalue weighted by Gasteiger charge is -2.15. The molecule has 0 aliphatic carbocycles. The molecule has 16 heavy (non-hydrogen) atoms. The third-order valence-corrected chi connectivity index (χ3v) is 1.80. The SMILES string of the molecule is Cc1ccnc(C(N)=O)c1OCC(C)(F)F. The van der Waals surface area contributed by atoms with Gasteiger partial charge in [0.1, 0.15) is 0 Å². The Hall–Kier alpha value is -1.72. The average molecular weight is 230 g/mol. The molecule has 1 amide bonds. The summed E-state index contributed by atoms with van der Waals surface area (Å²) in [5, 5.41) is 0. The summed E-state index contributed by atoms with van der Waals surface area (Å²) < 4.78 is 30.1. The molecule has 0 radical (unpaired) electrons. The number of aryl methyl sites for hydroxylation is 1. The van der Waals surface area contributed by atoms with E-state index in [0.29, 0.717) is 5.56 Å². The number of nitrogens with two attached hydrogens (primary N) is 1. The van der Waals surface area contributed by atoms with Crippen molar-refractivity contribution in [1.29, 1.82) is 0 Å². The van der Waals surface area contributed by atoms with Crippen LogP contribution in [0.15, 0.2) is 12.3 Å². The van der Waals surface area contributed by atoms with Crippen LogP contribution in [-0.4, -0.2) is 23.4 Å². The lowest BCUT2D eigenvalue weighted by atomic mass is 10.2. The van der Waals surface area contributed by atoms with Gasteiger partial charge in [0.05, 0.1) is 0 Å². The van der Waals surface area contributed by atoms with Gasteiger partial charge in [0.15, 0.2) is 18.1 Å². The first-order valence-corrected chi connectivity index (χ1v) is 4.57. The van der Waals surface area contributed by atoms with E-state index in [4.69, 9.17) is 10.5 Å². The molecule has 1 aromatic heterocycles. The van der Waals surface area contributed by atoms with E-state index in [1.807, 2.05) is 0 Å². The Morgan fingerprint density at radius 1 is 1.62 bits per heavy atom. The van der Waals surface area contributed by atoms with E-state index in [-0.39, 0.29) is 11.4 Å². The van der Waals surface area contributed by atoms with Crippen LogP contribution in [0.1, 0.15) is 23.0 Å². The van der Waals surface area contributed by atoms with E-state index in [1.165, 1.54) is 6.20 Å². The van der Waals surface area contributed by atoms with Crippen LogP contribution in [0.4, 0.5) is 8.78 Å². The summed E-state index contributed by atoms with van der Waals surface area (Å²) in [6.45, 7) is 1.53. The molecule has 88 valence electrons. The summed E-state index contributed by atoms with van der Waals surface area (Å²) >= 11 is 0. The van der Waals surface area contributed by atoms with Crippen molar-refractivity contribution in [1.82, 2.24) is 4.98 Å². The molecule has 0 aliphatic rings. The Morgan fingerprint density at radius 2 is 2.25 bits per heavy atom. The van der Waals surface area contributed by atoms with Crippen molar-refractivity contribution in [2.24, 2.45) is 5.73 Å². The maximum absolute atomic E-state index is 12.6. The van der Waals surface area contributed by atoms with Crippen LogP contribution >= 0.6 is 0 Å². The minimum Gasteiger partial charge on any atom is -0.485 e. The molecule has 0 aromatic carbocycles. The zero-order chi connectivity index (χ0) is 12.3. The largest absolute Gasteiger partial charge is 0.485 e. The lowest BCUT2D eigenvalue weighted by molar-refractivity contribution is -0.0234. The Bertz CT molecular complexity index is 402. The summed E-state index contributed by atoms with van der Waals surface area (Å²) in [6.07, 6.45) is 1.37. The molecule has 0 saturated carbocycles. The van der Waals surface area contributed by atoms with Crippen molar-refractivity contribution in [3.8, 4) is 5.75 Å². The van der Waals surface area contributed by atoms with Gasteiger partial charge in [0, 0.05) is 13.1 Å². The van der Waals surface area contributed by atoms with E-state index in [0.717, 1.165) is 6.92 Å². The zero-order valence-corrected chi connectivity index (χ0v) is 8.96. The van der Waals surface area contributed by atoms with Gasteiger partial charge in [0.25, 0.3) is 11.8 Å². The normalized spacial score (nSPS) is 11.2. The number of aromatic nitrogens is 1. The van der Waals surface area contributed by atoms with Gasteiger partial charge in [-0.2, -0.15) is 0 Å². The van der Waals surface area contributed by atoms with E-state index < -0.39 is 18.4 Å². The van der Waals surface area contributed by atoms with Crippen LogP contribution in [0.2, 0.25) is 0 Å². The summed E-state index contributed by atoms with van der Waals surface area (Å²) in [6, 6.07) is 1.55. The van der Waals surface area contributed by atoms with Crippen molar-refractivity contribution < 1.29 is 18.3 Å². The van der Waals surface area contributed by atoms with E-state index in [2.05, 4.69) is 4.98 Å². The number of hydrogen-bond acceptors (Lipinski definition) is 3. The molecule has 6 heteroatoms. The first-order valence-electron chi connectivity index (χ1n) is 4.57. The van der Waals surface area contributed by atoms with Crippen LogP contribution in [0.5, 0.6) is 5.75 Å². The number of halogens is 2. The highest BCUT2D eigenvalue weighted by Gasteiger charge is 2.24. The van der Waals surface area contributed by atoms with Crippen LogP contribution in [-0.2, 0) is 0 Å². The predicted molar refractivity (Wildman–Crippen MR) is 53.6 cm³/mol. The number of rotatable bonds is 4. The van der Waals surface area contributed by atoms with E-state index >= 15 is 0 Å². The molecule has 0 unspecified atom stereocenters. The minimum atomic E-state index is -2.98. The smallest absolute Gasteiger partial charge is 0.278 e. The second kappa shape index (κ2) is 4.42. The van der Waals surface area contributed by atoms with E-state index in [1.54, 1.807) is 13.0 Å². The van der Waals surface area contributed by atoms with Crippen molar-refractivity contribution >= 4 is 5.91 Å². The Balaban J connectivity index is 2.98. The molecule has 0 bridgehead atoms. The number of primary amides is 1. The van der Waals surface area contributed by atoms with Gasteiger partial charge in [-0.15, -0.1) is 0 Å². The van der Waals surface area contributed by atoms with Crippen molar-refractivity contribution in [2.45, 2.75) is 19.8 Å². The monoisotopic (exact) mass is 230 g/mol. The summed E-state index contributed by atoms with van der Waals surface area (Å²) in [5.41, 5.74) is 5.45. The zero-order valence-electron chi connectivity index (χ0n) is 8.96. The van der Waals surface area contributed by atoms with Crippen LogP contribution < -0.4 is 10.5 Å². The van der Waals surface area contributed by atoms with Gasteiger partial charge in [-0.1, -0.05) is 0 Å². The third kappa shape index (κ3) is 3.15.